The zero-order valence-electron chi connectivity index (χ0n) is 12.0. The van der Waals surface area contributed by atoms with Gasteiger partial charge in [0.1, 0.15) is 0 Å². The van der Waals surface area contributed by atoms with Crippen LogP contribution in [-0.4, -0.2) is 16.7 Å². The van der Waals surface area contributed by atoms with Gasteiger partial charge in [0.05, 0.1) is 6.04 Å². The Morgan fingerprint density at radius 3 is 2.83 bits per heavy atom. The normalized spacial score (nSPS) is 24.3. The number of rotatable bonds is 5. The topological polar surface area (TPSA) is 51.0 Å². The molecule has 1 aliphatic rings. The minimum absolute atomic E-state index is 0.149. The molecule has 0 aromatic carbocycles. The Balaban J connectivity index is 2.06. The van der Waals surface area contributed by atoms with Gasteiger partial charge in [-0.3, -0.25) is 0 Å². The molecule has 0 spiro atoms. The SMILES string of the molecule is CCCNC(C)c1nnc(C2CCCC2(C)C)o1. The van der Waals surface area contributed by atoms with Crippen molar-refractivity contribution in [1.82, 2.24) is 15.5 Å². The van der Waals surface area contributed by atoms with Crippen LogP contribution in [-0.2, 0) is 0 Å². The monoisotopic (exact) mass is 251 g/mol. The highest BCUT2D eigenvalue weighted by molar-refractivity contribution is 5.03. The van der Waals surface area contributed by atoms with Crippen molar-refractivity contribution in [2.24, 2.45) is 5.41 Å². The van der Waals surface area contributed by atoms with Crippen molar-refractivity contribution in [1.29, 1.82) is 0 Å². The Morgan fingerprint density at radius 2 is 2.22 bits per heavy atom. The maximum Gasteiger partial charge on any atom is 0.233 e. The average molecular weight is 251 g/mol. The average Bonchev–Trinajstić information content (AvgIpc) is 2.91. The molecule has 1 aromatic rings. The maximum absolute atomic E-state index is 5.88. The van der Waals surface area contributed by atoms with E-state index in [4.69, 9.17) is 4.42 Å². The van der Waals surface area contributed by atoms with Crippen molar-refractivity contribution in [2.45, 2.75) is 65.3 Å². The van der Waals surface area contributed by atoms with Crippen LogP contribution in [0.5, 0.6) is 0 Å². The summed E-state index contributed by atoms with van der Waals surface area (Å²) in [5, 5.41) is 11.8. The van der Waals surface area contributed by atoms with E-state index < -0.39 is 0 Å². The first-order chi connectivity index (χ1) is 8.54. The third-order valence-corrected chi connectivity index (χ3v) is 4.08. The van der Waals surface area contributed by atoms with Gasteiger partial charge in [-0.15, -0.1) is 10.2 Å². The van der Waals surface area contributed by atoms with Crippen molar-refractivity contribution < 1.29 is 4.42 Å². The van der Waals surface area contributed by atoms with Crippen LogP contribution in [0.3, 0.4) is 0 Å². The van der Waals surface area contributed by atoms with E-state index in [1.165, 1.54) is 19.3 Å². The fourth-order valence-electron chi connectivity index (χ4n) is 2.79. The van der Waals surface area contributed by atoms with E-state index in [9.17, 15) is 0 Å². The molecule has 0 aliphatic heterocycles. The van der Waals surface area contributed by atoms with E-state index in [0.29, 0.717) is 11.3 Å². The molecule has 1 heterocycles. The van der Waals surface area contributed by atoms with Crippen LogP contribution in [0.25, 0.3) is 0 Å². The van der Waals surface area contributed by atoms with Crippen LogP contribution in [0.15, 0.2) is 4.42 Å². The Bertz CT molecular complexity index is 386. The van der Waals surface area contributed by atoms with Gasteiger partial charge >= 0.3 is 0 Å². The zero-order valence-corrected chi connectivity index (χ0v) is 12.0. The van der Waals surface area contributed by atoms with Gasteiger partial charge in [-0.05, 0) is 38.1 Å². The zero-order chi connectivity index (χ0) is 13.2. The predicted molar refractivity (Wildman–Crippen MR) is 71.4 cm³/mol. The lowest BCUT2D eigenvalue weighted by Crippen LogP contribution is -2.19. The Kier molecular flexibility index (Phi) is 4.05. The quantitative estimate of drug-likeness (QED) is 0.871. The lowest BCUT2D eigenvalue weighted by Gasteiger charge is -2.23. The highest BCUT2D eigenvalue weighted by Gasteiger charge is 2.39. The molecule has 0 radical (unpaired) electrons. The van der Waals surface area contributed by atoms with E-state index in [1.54, 1.807) is 0 Å². The molecule has 0 saturated heterocycles. The number of hydrogen-bond acceptors (Lipinski definition) is 4. The van der Waals surface area contributed by atoms with Crippen molar-refractivity contribution in [3.63, 3.8) is 0 Å². The van der Waals surface area contributed by atoms with Crippen molar-refractivity contribution in [3.05, 3.63) is 11.8 Å². The van der Waals surface area contributed by atoms with E-state index in [0.717, 1.165) is 24.7 Å². The highest BCUT2D eigenvalue weighted by Crippen LogP contribution is 2.48. The number of aromatic nitrogens is 2. The predicted octanol–water partition coefficient (Wildman–Crippen LogP) is 3.42. The van der Waals surface area contributed by atoms with Crippen molar-refractivity contribution in [3.8, 4) is 0 Å². The van der Waals surface area contributed by atoms with Crippen LogP contribution in [0, 0.1) is 5.41 Å². The largest absolute Gasteiger partial charge is 0.423 e. The molecule has 1 saturated carbocycles. The summed E-state index contributed by atoms with van der Waals surface area (Å²) in [7, 11) is 0. The maximum atomic E-state index is 5.88. The minimum Gasteiger partial charge on any atom is -0.423 e. The first-order valence-electron chi connectivity index (χ1n) is 7.11. The number of hydrogen-bond donors (Lipinski definition) is 1. The van der Waals surface area contributed by atoms with Crippen LogP contribution < -0.4 is 5.32 Å². The Hall–Kier alpha value is -0.900. The standard InChI is InChI=1S/C14H25N3O/c1-5-9-15-10(2)12-16-17-13(18-12)11-7-6-8-14(11,3)4/h10-11,15H,5-9H2,1-4H3. The molecule has 4 heteroatoms. The molecule has 2 unspecified atom stereocenters. The van der Waals surface area contributed by atoms with Crippen LogP contribution in [0.1, 0.15) is 77.1 Å². The molecular formula is C14H25N3O. The molecule has 2 atom stereocenters. The summed E-state index contributed by atoms with van der Waals surface area (Å²) in [5.41, 5.74) is 0.296. The van der Waals surface area contributed by atoms with Gasteiger partial charge in [-0.25, -0.2) is 0 Å². The lowest BCUT2D eigenvalue weighted by molar-refractivity contribution is 0.275. The second kappa shape index (κ2) is 5.39. The minimum atomic E-state index is 0.149. The first kappa shape index (κ1) is 13.5. The molecular weight excluding hydrogens is 226 g/mol. The third kappa shape index (κ3) is 2.74. The van der Waals surface area contributed by atoms with Crippen molar-refractivity contribution >= 4 is 0 Å². The van der Waals surface area contributed by atoms with Gasteiger partial charge in [-0.2, -0.15) is 0 Å². The smallest absolute Gasteiger partial charge is 0.233 e. The summed E-state index contributed by atoms with van der Waals surface area (Å²) in [4.78, 5) is 0. The van der Waals surface area contributed by atoms with Crippen LogP contribution in [0.2, 0.25) is 0 Å². The van der Waals surface area contributed by atoms with E-state index in [-0.39, 0.29) is 6.04 Å². The van der Waals surface area contributed by atoms with E-state index >= 15 is 0 Å². The molecule has 1 fully saturated rings. The second-order valence-corrected chi connectivity index (χ2v) is 6.09. The Morgan fingerprint density at radius 1 is 1.44 bits per heavy atom. The molecule has 1 aromatic heterocycles. The summed E-state index contributed by atoms with van der Waals surface area (Å²) in [6.45, 7) is 9.81. The van der Waals surface area contributed by atoms with Gasteiger partial charge in [0.15, 0.2) is 0 Å². The van der Waals surface area contributed by atoms with Gasteiger partial charge in [0.25, 0.3) is 0 Å². The fraction of sp³-hybridized carbons (Fsp3) is 0.857. The molecule has 1 N–H and O–H groups in total. The third-order valence-electron chi connectivity index (χ3n) is 4.08. The van der Waals surface area contributed by atoms with Gasteiger partial charge < -0.3 is 9.73 Å². The highest BCUT2D eigenvalue weighted by atomic mass is 16.4. The van der Waals surface area contributed by atoms with Gasteiger partial charge in [-0.1, -0.05) is 27.2 Å². The van der Waals surface area contributed by atoms with E-state index in [2.05, 4.69) is 43.2 Å². The lowest BCUT2D eigenvalue weighted by atomic mass is 9.82. The number of nitrogens with zero attached hydrogens (tertiary/aromatic N) is 2. The van der Waals surface area contributed by atoms with Crippen molar-refractivity contribution in [2.75, 3.05) is 6.54 Å². The molecule has 2 rings (SSSR count). The van der Waals surface area contributed by atoms with Crippen LogP contribution >= 0.6 is 0 Å². The van der Waals surface area contributed by atoms with E-state index in [1.807, 2.05) is 0 Å². The fourth-order valence-corrected chi connectivity index (χ4v) is 2.79. The first-order valence-corrected chi connectivity index (χ1v) is 7.11. The molecule has 18 heavy (non-hydrogen) atoms. The molecule has 102 valence electrons. The molecule has 4 nitrogen and oxygen atoms in total. The molecule has 0 bridgehead atoms. The van der Waals surface area contributed by atoms with Crippen LogP contribution in [0.4, 0.5) is 0 Å². The Labute approximate surface area is 110 Å². The summed E-state index contributed by atoms with van der Waals surface area (Å²) >= 11 is 0. The molecule has 1 aliphatic carbocycles. The summed E-state index contributed by atoms with van der Waals surface area (Å²) in [5.74, 6) is 1.98. The summed E-state index contributed by atoms with van der Waals surface area (Å²) in [6.07, 6.45) is 4.80. The summed E-state index contributed by atoms with van der Waals surface area (Å²) in [6, 6.07) is 0.149. The van der Waals surface area contributed by atoms with Gasteiger partial charge in [0.2, 0.25) is 11.8 Å². The summed E-state index contributed by atoms with van der Waals surface area (Å²) < 4.78 is 5.88. The molecule has 0 amide bonds. The van der Waals surface area contributed by atoms with Gasteiger partial charge in [0, 0.05) is 5.92 Å². The number of nitrogens with one attached hydrogen (secondary N) is 1. The second-order valence-electron chi connectivity index (χ2n) is 6.09.